The van der Waals surface area contributed by atoms with Crippen LogP contribution in [0.3, 0.4) is 0 Å². The van der Waals surface area contributed by atoms with Crippen LogP contribution in [0.1, 0.15) is 19.8 Å². The lowest BCUT2D eigenvalue weighted by molar-refractivity contribution is 0.0889. The van der Waals surface area contributed by atoms with Gasteiger partial charge in [-0.2, -0.15) is 15.0 Å². The van der Waals surface area contributed by atoms with Crippen molar-refractivity contribution >= 4 is 23.5 Å². The number of ether oxygens (including phenoxy) is 1. The number of aromatic nitrogens is 3. The maximum atomic E-state index is 5.92. The average molecular weight is 272 g/mol. The van der Waals surface area contributed by atoms with Crippen molar-refractivity contribution in [2.24, 2.45) is 0 Å². The quantitative estimate of drug-likeness (QED) is 0.897. The van der Waals surface area contributed by atoms with E-state index in [0.717, 1.165) is 32.5 Å². The van der Waals surface area contributed by atoms with Gasteiger partial charge in [0.1, 0.15) is 0 Å². The van der Waals surface area contributed by atoms with Crippen LogP contribution in [0.15, 0.2) is 0 Å². The minimum absolute atomic E-state index is 0.218. The van der Waals surface area contributed by atoms with Crippen molar-refractivity contribution in [2.75, 3.05) is 37.0 Å². The van der Waals surface area contributed by atoms with Crippen LogP contribution >= 0.6 is 11.6 Å². The van der Waals surface area contributed by atoms with E-state index in [1.54, 1.807) is 7.11 Å². The lowest BCUT2D eigenvalue weighted by atomic mass is 10.1. The first kappa shape index (κ1) is 13.3. The summed E-state index contributed by atoms with van der Waals surface area (Å²) >= 11 is 5.92. The van der Waals surface area contributed by atoms with Crippen LogP contribution in [0.25, 0.3) is 0 Å². The molecule has 1 fully saturated rings. The molecule has 1 aromatic heterocycles. The molecule has 1 aliphatic heterocycles. The Labute approximate surface area is 112 Å². The summed E-state index contributed by atoms with van der Waals surface area (Å²) in [5.41, 5.74) is 0. The summed E-state index contributed by atoms with van der Waals surface area (Å²) in [6.45, 7) is 4.45. The second-order valence-corrected chi connectivity index (χ2v) is 4.54. The van der Waals surface area contributed by atoms with E-state index in [9.17, 15) is 0 Å². The third-order valence-electron chi connectivity index (χ3n) is 2.93. The molecule has 0 bridgehead atoms. The van der Waals surface area contributed by atoms with Crippen LogP contribution in [-0.4, -0.2) is 47.8 Å². The zero-order chi connectivity index (χ0) is 13.0. The van der Waals surface area contributed by atoms with Crippen LogP contribution in [0, 0.1) is 0 Å². The predicted octanol–water partition coefficient (Wildman–Crippen LogP) is 1.57. The molecule has 0 aromatic carbocycles. The number of nitrogens with one attached hydrogen (secondary N) is 1. The van der Waals surface area contributed by atoms with Gasteiger partial charge in [0.15, 0.2) is 0 Å². The molecule has 0 radical (unpaired) electrons. The summed E-state index contributed by atoms with van der Waals surface area (Å²) in [5.74, 6) is 1.14. The molecule has 6 nitrogen and oxygen atoms in total. The minimum atomic E-state index is 0.218. The smallest absolute Gasteiger partial charge is 0.231 e. The molecule has 0 aliphatic carbocycles. The maximum absolute atomic E-state index is 5.92. The van der Waals surface area contributed by atoms with Gasteiger partial charge in [-0.15, -0.1) is 0 Å². The number of hydrogen-bond donors (Lipinski definition) is 1. The molecule has 1 saturated heterocycles. The Morgan fingerprint density at radius 2 is 2.28 bits per heavy atom. The molecule has 1 unspecified atom stereocenters. The molecule has 0 spiro atoms. The molecule has 1 aliphatic rings. The fourth-order valence-corrected chi connectivity index (χ4v) is 2.19. The monoisotopic (exact) mass is 271 g/mol. The van der Waals surface area contributed by atoms with E-state index < -0.39 is 0 Å². The van der Waals surface area contributed by atoms with Gasteiger partial charge in [-0.25, -0.2) is 0 Å². The van der Waals surface area contributed by atoms with Crippen molar-refractivity contribution in [1.29, 1.82) is 0 Å². The van der Waals surface area contributed by atoms with Gasteiger partial charge in [0.25, 0.3) is 0 Å². The SMILES string of the molecule is CCNc1nc(Cl)nc(N2CCCC(OC)C2)n1. The maximum Gasteiger partial charge on any atom is 0.231 e. The van der Waals surface area contributed by atoms with Crippen LogP contribution in [-0.2, 0) is 4.74 Å². The summed E-state index contributed by atoms with van der Waals surface area (Å²) in [7, 11) is 1.73. The van der Waals surface area contributed by atoms with Crippen LogP contribution in [0.2, 0.25) is 5.28 Å². The molecule has 1 aromatic rings. The highest BCUT2D eigenvalue weighted by atomic mass is 35.5. The first-order chi connectivity index (χ1) is 8.72. The zero-order valence-corrected chi connectivity index (χ0v) is 11.4. The Balaban J connectivity index is 2.16. The topological polar surface area (TPSA) is 63.2 Å². The third-order valence-corrected chi connectivity index (χ3v) is 3.09. The molecule has 18 heavy (non-hydrogen) atoms. The summed E-state index contributed by atoms with van der Waals surface area (Å²) < 4.78 is 5.39. The average Bonchev–Trinajstić information content (AvgIpc) is 2.38. The Bertz CT molecular complexity index is 403. The number of rotatable bonds is 4. The highest BCUT2D eigenvalue weighted by Crippen LogP contribution is 2.19. The number of halogens is 1. The number of methoxy groups -OCH3 is 1. The summed E-state index contributed by atoms with van der Waals surface area (Å²) in [6, 6.07) is 0. The van der Waals surface area contributed by atoms with Gasteiger partial charge in [0, 0.05) is 26.7 Å². The van der Waals surface area contributed by atoms with Crippen molar-refractivity contribution < 1.29 is 4.74 Å². The number of hydrogen-bond acceptors (Lipinski definition) is 6. The van der Waals surface area contributed by atoms with E-state index in [-0.39, 0.29) is 11.4 Å². The lowest BCUT2D eigenvalue weighted by Crippen LogP contribution is -2.40. The molecule has 1 atom stereocenters. The normalized spacial score (nSPS) is 19.9. The Morgan fingerprint density at radius 3 is 3.00 bits per heavy atom. The Morgan fingerprint density at radius 1 is 1.44 bits per heavy atom. The van der Waals surface area contributed by atoms with Crippen LogP contribution in [0.5, 0.6) is 0 Å². The van der Waals surface area contributed by atoms with E-state index in [1.165, 1.54) is 0 Å². The second kappa shape index (κ2) is 6.15. The van der Waals surface area contributed by atoms with E-state index >= 15 is 0 Å². The van der Waals surface area contributed by atoms with Gasteiger partial charge in [-0.05, 0) is 31.4 Å². The third kappa shape index (κ3) is 3.20. The second-order valence-electron chi connectivity index (χ2n) is 4.20. The van der Waals surface area contributed by atoms with Gasteiger partial charge >= 0.3 is 0 Å². The molecule has 7 heteroatoms. The molecular formula is C11H18ClN5O. The minimum Gasteiger partial charge on any atom is -0.380 e. The molecular weight excluding hydrogens is 254 g/mol. The fraction of sp³-hybridized carbons (Fsp3) is 0.727. The number of anilines is 2. The highest BCUT2D eigenvalue weighted by Gasteiger charge is 2.22. The molecule has 1 N–H and O–H groups in total. The predicted molar refractivity (Wildman–Crippen MR) is 71.2 cm³/mol. The number of nitrogens with zero attached hydrogens (tertiary/aromatic N) is 4. The van der Waals surface area contributed by atoms with Crippen LogP contribution in [0.4, 0.5) is 11.9 Å². The van der Waals surface area contributed by atoms with Gasteiger partial charge in [0.05, 0.1) is 6.10 Å². The standard InChI is InChI=1S/C11H18ClN5O/c1-3-13-10-14-9(12)15-11(16-10)17-6-4-5-8(7-17)18-2/h8H,3-7H2,1-2H3,(H,13,14,15,16). The van der Waals surface area contributed by atoms with E-state index in [0.29, 0.717) is 11.9 Å². The van der Waals surface area contributed by atoms with Gasteiger partial charge < -0.3 is 15.0 Å². The van der Waals surface area contributed by atoms with Crippen molar-refractivity contribution in [1.82, 2.24) is 15.0 Å². The van der Waals surface area contributed by atoms with Crippen molar-refractivity contribution in [3.63, 3.8) is 0 Å². The lowest BCUT2D eigenvalue weighted by Gasteiger charge is -2.31. The Kier molecular flexibility index (Phi) is 4.54. The van der Waals surface area contributed by atoms with Crippen LogP contribution < -0.4 is 10.2 Å². The van der Waals surface area contributed by atoms with Crippen molar-refractivity contribution in [3.05, 3.63) is 5.28 Å². The molecule has 0 amide bonds. The van der Waals surface area contributed by atoms with Gasteiger partial charge in [-0.3, -0.25) is 0 Å². The van der Waals surface area contributed by atoms with E-state index in [1.807, 2.05) is 6.92 Å². The summed E-state index contributed by atoms with van der Waals surface area (Å²) in [4.78, 5) is 14.7. The molecule has 2 heterocycles. The highest BCUT2D eigenvalue weighted by molar-refractivity contribution is 6.28. The summed E-state index contributed by atoms with van der Waals surface area (Å²) in [6.07, 6.45) is 2.38. The van der Waals surface area contributed by atoms with Gasteiger partial charge in [-0.1, -0.05) is 0 Å². The molecule has 0 saturated carbocycles. The summed E-state index contributed by atoms with van der Waals surface area (Å²) in [5, 5.41) is 3.27. The van der Waals surface area contributed by atoms with Crippen molar-refractivity contribution in [3.8, 4) is 0 Å². The molecule has 100 valence electrons. The Hall–Kier alpha value is -1.14. The number of piperidine rings is 1. The fourth-order valence-electron chi connectivity index (χ4n) is 2.03. The van der Waals surface area contributed by atoms with E-state index in [4.69, 9.17) is 16.3 Å². The molecule has 2 rings (SSSR count). The zero-order valence-electron chi connectivity index (χ0n) is 10.7. The van der Waals surface area contributed by atoms with Crippen molar-refractivity contribution in [2.45, 2.75) is 25.9 Å². The first-order valence-corrected chi connectivity index (χ1v) is 6.54. The largest absolute Gasteiger partial charge is 0.380 e. The first-order valence-electron chi connectivity index (χ1n) is 6.16. The van der Waals surface area contributed by atoms with E-state index in [2.05, 4.69) is 25.2 Å². The van der Waals surface area contributed by atoms with Gasteiger partial charge in [0.2, 0.25) is 17.2 Å².